The Morgan fingerprint density at radius 1 is 0.933 bits per heavy atom. The molecule has 2 aromatic carbocycles. The summed E-state index contributed by atoms with van der Waals surface area (Å²) in [5.41, 5.74) is -3.12. The zero-order valence-electron chi connectivity index (χ0n) is 34.7. The average Bonchev–Trinajstić information content (AvgIpc) is 3.21. The van der Waals surface area contributed by atoms with Crippen molar-refractivity contribution in [2.24, 2.45) is 22.7 Å². The van der Waals surface area contributed by atoms with Gasteiger partial charge in [0.25, 0.3) is 0 Å². The van der Waals surface area contributed by atoms with Gasteiger partial charge in [0.1, 0.15) is 24.4 Å². The number of carbonyl (C=O) groups is 6. The maximum Gasteiger partial charge on any atom is 0.348 e. The van der Waals surface area contributed by atoms with Gasteiger partial charge in [-0.15, -0.1) is 0 Å². The molecule has 0 amide bonds. The molecule has 2 saturated carbocycles. The van der Waals surface area contributed by atoms with Gasteiger partial charge < -0.3 is 38.6 Å². The highest BCUT2D eigenvalue weighted by Gasteiger charge is 2.75. The second kappa shape index (κ2) is 17.8. The van der Waals surface area contributed by atoms with E-state index in [9.17, 15) is 34.2 Å². The highest BCUT2D eigenvalue weighted by molar-refractivity contribution is 7.80. The summed E-state index contributed by atoms with van der Waals surface area (Å²) in [6, 6.07) is 17.0. The first-order valence-corrected chi connectivity index (χ1v) is 20.9. The fraction of sp³-hybridized carbons (Fsp3) is 0.556. The lowest BCUT2D eigenvalue weighted by molar-refractivity contribution is -0.335. The molecule has 6 rings (SSSR count). The van der Waals surface area contributed by atoms with Crippen molar-refractivity contribution in [1.82, 2.24) is 0 Å². The zero-order chi connectivity index (χ0) is 43.7. The predicted molar refractivity (Wildman–Crippen MR) is 216 cm³/mol. The van der Waals surface area contributed by atoms with Crippen molar-refractivity contribution in [3.8, 4) is 0 Å². The first-order chi connectivity index (χ1) is 28.4. The van der Waals surface area contributed by atoms with Crippen molar-refractivity contribution < 1.29 is 67.4 Å². The minimum absolute atomic E-state index is 0.0325. The van der Waals surface area contributed by atoms with Gasteiger partial charge in [0.2, 0.25) is 6.10 Å². The predicted octanol–water partition coefficient (Wildman–Crippen LogP) is 4.49. The number of aliphatic hydroxyl groups is 2. The van der Waals surface area contributed by atoms with Crippen LogP contribution < -0.4 is 0 Å². The quantitative estimate of drug-likeness (QED) is 0.110. The molecule has 2 bridgehead atoms. The van der Waals surface area contributed by atoms with Crippen LogP contribution in [0.3, 0.4) is 0 Å². The SMILES string of the molecule is CC(=O)O[C@@]12CO[C@@H]1C[C@H](O)[C@@]1(C)C(=O)[C@H](O)C3=C(C)[C@@H](OC(=O)[C@H](OC(=O)COC(=O)CCCS)[C@@H](C)c4ccccc4)C[C@H](C(OC(=O)c4ccccc4)[C@H]21)C3(C)C. The minimum Gasteiger partial charge on any atom is -0.458 e. The molecule has 15 heteroatoms. The first kappa shape index (κ1) is 45.0. The van der Waals surface area contributed by atoms with Crippen molar-refractivity contribution in [2.45, 2.75) is 115 Å². The molecule has 2 N–H and O–H groups in total. The number of aliphatic hydroxyl groups excluding tert-OH is 2. The number of ketones is 1. The molecule has 14 nitrogen and oxygen atoms in total. The minimum atomic E-state index is -1.84. The van der Waals surface area contributed by atoms with Crippen LogP contribution in [0.2, 0.25) is 0 Å². The average molecular weight is 851 g/mol. The van der Waals surface area contributed by atoms with Crippen molar-refractivity contribution in [3.05, 3.63) is 82.9 Å². The Hall–Kier alpha value is -4.57. The van der Waals surface area contributed by atoms with Gasteiger partial charge in [0, 0.05) is 31.6 Å². The summed E-state index contributed by atoms with van der Waals surface area (Å²) in [4.78, 5) is 81.8. The summed E-state index contributed by atoms with van der Waals surface area (Å²) >= 11 is 4.09. The lowest BCUT2D eigenvalue weighted by Crippen LogP contribution is -2.79. The van der Waals surface area contributed by atoms with E-state index in [1.165, 1.54) is 13.8 Å². The van der Waals surface area contributed by atoms with Crippen LogP contribution in [0, 0.1) is 22.7 Å². The standard InChI is InChI=1S/C45H54O14S/c1-24(27-14-9-7-10-15-27)37(57-34(49)22-54-33(48)18-13-19-60)42(53)56-30-20-29-38(58-41(52)28-16-11-8-12-17-28)39-44(6,40(51)36(50)35(25(30)2)43(29,4)5)31(47)21-32-45(39,23-55-32)59-26(3)46/h7-12,14-17,24,29-32,36-39,47,50,60H,13,18-23H2,1-6H3/t24-,29+,30-,31-,32+,36+,37+,38?,39-,44+,45-/m0/s1. The lowest BCUT2D eigenvalue weighted by Gasteiger charge is -2.65. The first-order valence-electron chi connectivity index (χ1n) is 20.3. The molecule has 3 aliphatic carbocycles. The van der Waals surface area contributed by atoms with Crippen LogP contribution in [0.5, 0.6) is 0 Å². The Bertz CT molecular complexity index is 2000. The van der Waals surface area contributed by atoms with Gasteiger partial charge in [0.15, 0.2) is 18.0 Å². The molecule has 4 aliphatic rings. The number of Topliss-reactive ketones (excluding diaryl/α,β-unsaturated/α-hetero) is 1. The van der Waals surface area contributed by atoms with Crippen molar-refractivity contribution >= 4 is 48.3 Å². The molecule has 1 unspecified atom stereocenters. The van der Waals surface area contributed by atoms with E-state index in [0.717, 1.165) is 0 Å². The molecular formula is C45H54O14S. The largest absolute Gasteiger partial charge is 0.458 e. The van der Waals surface area contributed by atoms with Crippen LogP contribution in [0.4, 0.5) is 0 Å². The van der Waals surface area contributed by atoms with Crippen LogP contribution in [0.1, 0.15) is 89.1 Å². The number of fused-ring (bicyclic) bond motifs is 5. The molecule has 60 heavy (non-hydrogen) atoms. The Morgan fingerprint density at radius 2 is 1.58 bits per heavy atom. The van der Waals surface area contributed by atoms with Gasteiger partial charge >= 0.3 is 29.8 Å². The molecule has 3 fully saturated rings. The lowest BCUT2D eigenvalue weighted by atomic mass is 9.46. The molecule has 1 heterocycles. The Balaban J connectivity index is 1.43. The van der Waals surface area contributed by atoms with Crippen molar-refractivity contribution in [2.75, 3.05) is 19.0 Å². The Kier molecular flexibility index (Phi) is 13.3. The highest BCUT2D eigenvalue weighted by atomic mass is 32.1. The number of hydrogen-bond acceptors (Lipinski definition) is 15. The summed E-state index contributed by atoms with van der Waals surface area (Å²) in [5.74, 6) is -7.20. The molecule has 0 aromatic heterocycles. The third kappa shape index (κ3) is 8.25. The van der Waals surface area contributed by atoms with Crippen LogP contribution in [0.15, 0.2) is 71.8 Å². The second-order valence-corrected chi connectivity index (χ2v) is 17.5. The molecule has 1 saturated heterocycles. The Labute approximate surface area is 354 Å². The van der Waals surface area contributed by atoms with Crippen LogP contribution in [-0.2, 0) is 52.4 Å². The van der Waals surface area contributed by atoms with E-state index in [0.29, 0.717) is 23.3 Å². The summed E-state index contributed by atoms with van der Waals surface area (Å²) in [7, 11) is 0. The number of hydrogen-bond donors (Lipinski definition) is 3. The van der Waals surface area contributed by atoms with E-state index in [1.807, 2.05) is 0 Å². The van der Waals surface area contributed by atoms with E-state index in [4.69, 9.17) is 28.4 Å². The third-order valence-corrected chi connectivity index (χ3v) is 13.5. The Morgan fingerprint density at radius 3 is 2.18 bits per heavy atom. The topological polar surface area (TPSA) is 198 Å². The van der Waals surface area contributed by atoms with Crippen LogP contribution in [0.25, 0.3) is 0 Å². The van der Waals surface area contributed by atoms with Crippen molar-refractivity contribution in [1.29, 1.82) is 0 Å². The maximum absolute atomic E-state index is 15.0. The zero-order valence-corrected chi connectivity index (χ0v) is 35.6. The molecule has 1 aliphatic heterocycles. The van der Waals surface area contributed by atoms with Crippen molar-refractivity contribution in [3.63, 3.8) is 0 Å². The number of benzene rings is 2. The van der Waals surface area contributed by atoms with Crippen LogP contribution in [-0.4, -0.2) is 107 Å². The molecule has 324 valence electrons. The maximum atomic E-state index is 15.0. The normalized spacial score (nSPS) is 31.4. The van der Waals surface area contributed by atoms with Gasteiger partial charge in [-0.25, -0.2) is 14.4 Å². The fourth-order valence-electron chi connectivity index (χ4n) is 9.96. The van der Waals surface area contributed by atoms with E-state index < -0.39 is 113 Å². The summed E-state index contributed by atoms with van der Waals surface area (Å²) < 4.78 is 35.5. The molecular weight excluding hydrogens is 797 g/mol. The van der Waals surface area contributed by atoms with E-state index in [-0.39, 0.29) is 37.0 Å². The van der Waals surface area contributed by atoms with Gasteiger partial charge in [-0.1, -0.05) is 69.3 Å². The number of rotatable bonds is 13. The van der Waals surface area contributed by atoms with E-state index in [2.05, 4.69) is 12.6 Å². The number of esters is 5. The number of ether oxygens (including phenoxy) is 6. The van der Waals surface area contributed by atoms with Gasteiger partial charge in [0.05, 0.1) is 29.6 Å². The molecule has 0 radical (unpaired) electrons. The summed E-state index contributed by atoms with van der Waals surface area (Å²) in [5, 5.41) is 24.1. The number of carbonyl (C=O) groups excluding carboxylic acids is 6. The summed E-state index contributed by atoms with van der Waals surface area (Å²) in [6.07, 6.45) is -7.76. The van der Waals surface area contributed by atoms with Gasteiger partial charge in [-0.05, 0) is 66.7 Å². The number of thiol groups is 1. The smallest absolute Gasteiger partial charge is 0.348 e. The molecule has 2 aromatic rings. The fourth-order valence-corrected chi connectivity index (χ4v) is 10.1. The summed E-state index contributed by atoms with van der Waals surface area (Å²) in [6.45, 7) is 8.70. The molecule has 0 spiro atoms. The second-order valence-electron chi connectivity index (χ2n) is 17.0. The van der Waals surface area contributed by atoms with E-state index >= 15 is 4.79 Å². The third-order valence-electron chi connectivity index (χ3n) is 13.1. The van der Waals surface area contributed by atoms with Gasteiger partial charge in [-0.2, -0.15) is 12.6 Å². The van der Waals surface area contributed by atoms with E-state index in [1.54, 1.807) is 88.4 Å². The monoisotopic (exact) mass is 850 g/mol. The van der Waals surface area contributed by atoms with Gasteiger partial charge in [-0.3, -0.25) is 14.4 Å². The molecule has 11 atom stereocenters. The van der Waals surface area contributed by atoms with Crippen LogP contribution >= 0.6 is 12.6 Å². The highest BCUT2D eigenvalue weighted by Crippen LogP contribution is 2.63.